The highest BCUT2D eigenvalue weighted by Crippen LogP contribution is 2.38. The lowest BCUT2D eigenvalue weighted by Gasteiger charge is -2.33. The fourth-order valence-corrected chi connectivity index (χ4v) is 4.93. The summed E-state index contributed by atoms with van der Waals surface area (Å²) in [5.74, 6) is 0. The van der Waals surface area contributed by atoms with E-state index in [2.05, 4.69) is 0 Å². The summed E-state index contributed by atoms with van der Waals surface area (Å²) in [6.45, 7) is 0. The van der Waals surface area contributed by atoms with Crippen molar-refractivity contribution in [2.24, 2.45) is 0 Å². The molecule has 0 saturated heterocycles. The van der Waals surface area contributed by atoms with Crippen LogP contribution < -0.4 is 0 Å². The third-order valence-electron chi connectivity index (χ3n) is 2.59. The summed E-state index contributed by atoms with van der Waals surface area (Å²) in [6, 6.07) is 0. The zero-order valence-corrected chi connectivity index (χ0v) is 10.7. The van der Waals surface area contributed by atoms with Crippen LogP contribution in [-0.2, 0) is 8.85 Å². The van der Waals surface area contributed by atoms with Crippen molar-refractivity contribution < 1.29 is 8.85 Å². The largest absolute Gasteiger partial charge is 0.400 e. The smallest absolute Gasteiger partial charge is 0.325 e. The normalized spacial score (nSPS) is 35.3. The maximum absolute atomic E-state index is 6.23. The number of hydrogen-bond donors (Lipinski definition) is 0. The number of halogens is 2. The molecule has 0 aromatic carbocycles. The van der Waals surface area contributed by atoms with Crippen LogP contribution in [-0.4, -0.2) is 34.3 Å². The first-order valence-electron chi connectivity index (χ1n) is 4.54. The highest BCUT2D eigenvalue weighted by atomic mass is 35.5. The Bertz CT molecular complexity index is 153. The van der Waals surface area contributed by atoms with Gasteiger partial charge in [0.1, 0.15) is 0 Å². The first-order chi connectivity index (χ1) is 6.20. The standard InChI is InChI=1S/C8H16Cl2O2Si/c1-11-13(12-2)7-5-3-4-6(9)8(7)10/h6-8,13H,3-5H2,1-2H3. The molecule has 0 spiro atoms. The molecular weight excluding hydrogens is 227 g/mol. The monoisotopic (exact) mass is 242 g/mol. The molecule has 0 N–H and O–H groups in total. The highest BCUT2D eigenvalue weighted by molar-refractivity contribution is 6.49. The van der Waals surface area contributed by atoms with E-state index in [0.29, 0.717) is 5.54 Å². The van der Waals surface area contributed by atoms with E-state index < -0.39 is 9.28 Å². The summed E-state index contributed by atoms with van der Waals surface area (Å²) in [6.07, 6.45) is 3.25. The fourth-order valence-electron chi connectivity index (χ4n) is 1.87. The lowest BCUT2D eigenvalue weighted by Crippen LogP contribution is -2.38. The molecule has 3 atom stereocenters. The lowest BCUT2D eigenvalue weighted by atomic mass is 9.99. The van der Waals surface area contributed by atoms with Crippen LogP contribution in [0.25, 0.3) is 0 Å². The van der Waals surface area contributed by atoms with Gasteiger partial charge in [0, 0.05) is 19.8 Å². The third kappa shape index (κ3) is 2.83. The maximum Gasteiger partial charge on any atom is 0.325 e. The van der Waals surface area contributed by atoms with E-state index in [1.807, 2.05) is 0 Å². The summed E-state index contributed by atoms with van der Waals surface area (Å²) in [7, 11) is 1.81. The Morgan fingerprint density at radius 1 is 1.15 bits per heavy atom. The molecule has 13 heavy (non-hydrogen) atoms. The summed E-state index contributed by atoms with van der Waals surface area (Å²) in [5, 5.41) is 0.104. The molecule has 0 aromatic rings. The van der Waals surface area contributed by atoms with Crippen molar-refractivity contribution in [3.63, 3.8) is 0 Å². The predicted octanol–water partition coefficient (Wildman–Crippen LogP) is 2.27. The van der Waals surface area contributed by atoms with Crippen LogP contribution in [0, 0.1) is 0 Å². The van der Waals surface area contributed by atoms with Gasteiger partial charge in [-0.25, -0.2) is 0 Å². The Balaban J connectivity index is 2.55. The molecule has 1 rings (SSSR count). The molecule has 1 aliphatic rings. The average Bonchev–Trinajstić information content (AvgIpc) is 2.14. The second-order valence-electron chi connectivity index (χ2n) is 3.39. The summed E-state index contributed by atoms with van der Waals surface area (Å²) in [4.78, 5) is 0. The highest BCUT2D eigenvalue weighted by Gasteiger charge is 2.37. The minimum Gasteiger partial charge on any atom is -0.400 e. The van der Waals surface area contributed by atoms with Crippen LogP contribution in [0.3, 0.4) is 0 Å². The second kappa shape index (κ2) is 5.56. The van der Waals surface area contributed by atoms with E-state index in [1.54, 1.807) is 14.2 Å². The van der Waals surface area contributed by atoms with Gasteiger partial charge in [-0.15, -0.1) is 23.2 Å². The number of alkyl halides is 2. The van der Waals surface area contributed by atoms with Crippen molar-refractivity contribution in [3.05, 3.63) is 0 Å². The molecule has 1 fully saturated rings. The average molecular weight is 243 g/mol. The zero-order valence-electron chi connectivity index (χ0n) is 8.00. The molecule has 1 aliphatic carbocycles. The van der Waals surface area contributed by atoms with Gasteiger partial charge < -0.3 is 8.85 Å². The Morgan fingerprint density at radius 2 is 1.77 bits per heavy atom. The summed E-state index contributed by atoms with van der Waals surface area (Å²) >= 11 is 12.3. The van der Waals surface area contributed by atoms with Crippen LogP contribution in [0.5, 0.6) is 0 Å². The van der Waals surface area contributed by atoms with Gasteiger partial charge in [-0.2, -0.15) is 0 Å². The SMILES string of the molecule is CO[SiH](OC)C1CCCC(Cl)C1Cl. The van der Waals surface area contributed by atoms with Crippen molar-refractivity contribution in [1.82, 2.24) is 0 Å². The molecule has 1 saturated carbocycles. The third-order valence-corrected chi connectivity index (χ3v) is 6.45. The molecule has 3 unspecified atom stereocenters. The second-order valence-corrected chi connectivity index (χ2v) is 7.00. The molecule has 0 aliphatic heterocycles. The van der Waals surface area contributed by atoms with Crippen molar-refractivity contribution >= 4 is 32.5 Å². The van der Waals surface area contributed by atoms with Gasteiger partial charge in [-0.05, 0) is 12.8 Å². The lowest BCUT2D eigenvalue weighted by molar-refractivity contribution is 0.254. The van der Waals surface area contributed by atoms with Gasteiger partial charge in [0.2, 0.25) is 0 Å². The minimum absolute atomic E-state index is 0.0204. The maximum atomic E-state index is 6.23. The predicted molar refractivity (Wildman–Crippen MR) is 58.1 cm³/mol. The molecule has 0 bridgehead atoms. The molecule has 0 aromatic heterocycles. The molecule has 0 amide bonds. The van der Waals surface area contributed by atoms with E-state index in [9.17, 15) is 0 Å². The van der Waals surface area contributed by atoms with E-state index in [-0.39, 0.29) is 10.8 Å². The fraction of sp³-hybridized carbons (Fsp3) is 1.00. The number of rotatable bonds is 3. The summed E-state index contributed by atoms with van der Waals surface area (Å²) < 4.78 is 10.7. The molecule has 0 radical (unpaired) electrons. The van der Waals surface area contributed by atoms with Crippen molar-refractivity contribution in [1.29, 1.82) is 0 Å². The van der Waals surface area contributed by atoms with E-state index >= 15 is 0 Å². The molecule has 2 nitrogen and oxygen atoms in total. The molecular formula is C8H16Cl2O2Si. The number of hydrogen-bond acceptors (Lipinski definition) is 2. The first kappa shape index (κ1) is 11.8. The quantitative estimate of drug-likeness (QED) is 0.559. The topological polar surface area (TPSA) is 18.5 Å². The van der Waals surface area contributed by atoms with E-state index in [4.69, 9.17) is 32.1 Å². The Morgan fingerprint density at radius 3 is 2.31 bits per heavy atom. The van der Waals surface area contributed by atoms with Gasteiger partial charge in [0.25, 0.3) is 0 Å². The van der Waals surface area contributed by atoms with Crippen molar-refractivity contribution in [2.75, 3.05) is 14.2 Å². The van der Waals surface area contributed by atoms with Gasteiger partial charge in [-0.1, -0.05) is 6.42 Å². The van der Waals surface area contributed by atoms with Crippen LogP contribution in [0.1, 0.15) is 19.3 Å². The van der Waals surface area contributed by atoms with Gasteiger partial charge in [-0.3, -0.25) is 0 Å². The van der Waals surface area contributed by atoms with E-state index in [1.165, 1.54) is 0 Å². The Kier molecular flexibility index (Phi) is 5.04. The van der Waals surface area contributed by atoms with Crippen molar-refractivity contribution in [2.45, 2.75) is 35.6 Å². The van der Waals surface area contributed by atoms with Crippen LogP contribution in [0.15, 0.2) is 0 Å². The molecule has 0 heterocycles. The molecule has 5 heteroatoms. The Hall–Kier alpha value is 0.717. The molecule has 78 valence electrons. The van der Waals surface area contributed by atoms with Crippen molar-refractivity contribution in [3.8, 4) is 0 Å². The van der Waals surface area contributed by atoms with Gasteiger partial charge in [0.05, 0.1) is 10.8 Å². The Labute approximate surface area is 91.3 Å². The van der Waals surface area contributed by atoms with Gasteiger partial charge in [0.15, 0.2) is 0 Å². The van der Waals surface area contributed by atoms with Crippen LogP contribution >= 0.6 is 23.2 Å². The van der Waals surface area contributed by atoms with Crippen LogP contribution in [0.2, 0.25) is 5.54 Å². The van der Waals surface area contributed by atoms with Crippen LogP contribution in [0.4, 0.5) is 0 Å². The van der Waals surface area contributed by atoms with E-state index in [0.717, 1.165) is 19.3 Å². The zero-order chi connectivity index (χ0) is 9.84. The first-order valence-corrected chi connectivity index (χ1v) is 7.02. The minimum atomic E-state index is -1.59. The van der Waals surface area contributed by atoms with Gasteiger partial charge >= 0.3 is 9.28 Å². The summed E-state index contributed by atoms with van der Waals surface area (Å²) in [5.41, 5.74) is 0.355.